The lowest BCUT2D eigenvalue weighted by Gasteiger charge is -2.19. The number of allylic oxidation sites excluding steroid dienone is 1. The number of amides is 1. The fraction of sp³-hybridized carbons (Fsp3) is 0.864. The minimum Gasteiger partial charge on any atom is -0.394 e. The first kappa shape index (κ1) is 25.1. The SMILES string of the molecule is CCCCCCCCCCCCCC=CC(O)C(CO)NC(=O)CCC. The predicted octanol–water partition coefficient (Wildman–Crippen LogP) is 4.88. The molecule has 2 atom stereocenters. The lowest BCUT2D eigenvalue weighted by molar-refractivity contribution is -0.122. The topological polar surface area (TPSA) is 69.6 Å². The van der Waals surface area contributed by atoms with Gasteiger partial charge in [-0.3, -0.25) is 4.79 Å². The molecule has 0 aromatic rings. The van der Waals surface area contributed by atoms with Crippen LogP contribution in [-0.4, -0.2) is 34.9 Å². The van der Waals surface area contributed by atoms with Crippen molar-refractivity contribution in [3.8, 4) is 0 Å². The highest BCUT2D eigenvalue weighted by molar-refractivity contribution is 5.76. The fourth-order valence-corrected chi connectivity index (χ4v) is 3.04. The number of aliphatic hydroxyl groups is 2. The predicted molar refractivity (Wildman–Crippen MR) is 110 cm³/mol. The van der Waals surface area contributed by atoms with Gasteiger partial charge >= 0.3 is 0 Å². The van der Waals surface area contributed by atoms with Crippen molar-refractivity contribution in [3.63, 3.8) is 0 Å². The third-order valence-corrected chi connectivity index (χ3v) is 4.74. The average Bonchev–Trinajstić information content (AvgIpc) is 2.63. The van der Waals surface area contributed by atoms with Crippen LogP contribution in [0.15, 0.2) is 12.2 Å². The van der Waals surface area contributed by atoms with Crippen LogP contribution in [0.5, 0.6) is 0 Å². The normalized spacial score (nSPS) is 13.8. The molecule has 26 heavy (non-hydrogen) atoms. The van der Waals surface area contributed by atoms with E-state index in [2.05, 4.69) is 12.2 Å². The second-order valence-corrected chi connectivity index (χ2v) is 7.35. The molecule has 0 fully saturated rings. The van der Waals surface area contributed by atoms with E-state index in [9.17, 15) is 15.0 Å². The third-order valence-electron chi connectivity index (χ3n) is 4.74. The molecule has 0 aromatic carbocycles. The molecule has 0 aliphatic carbocycles. The molecule has 0 aliphatic heterocycles. The number of aliphatic hydroxyl groups excluding tert-OH is 2. The van der Waals surface area contributed by atoms with E-state index in [1.54, 1.807) is 6.08 Å². The van der Waals surface area contributed by atoms with Crippen molar-refractivity contribution < 1.29 is 15.0 Å². The number of hydrogen-bond acceptors (Lipinski definition) is 3. The first-order valence-corrected chi connectivity index (χ1v) is 10.9. The van der Waals surface area contributed by atoms with Gasteiger partial charge in [-0.25, -0.2) is 0 Å². The quantitative estimate of drug-likeness (QED) is 0.238. The zero-order valence-electron chi connectivity index (χ0n) is 17.2. The molecule has 3 N–H and O–H groups in total. The van der Waals surface area contributed by atoms with Crippen LogP contribution in [0.1, 0.15) is 104 Å². The smallest absolute Gasteiger partial charge is 0.220 e. The van der Waals surface area contributed by atoms with E-state index in [-0.39, 0.29) is 12.5 Å². The van der Waals surface area contributed by atoms with Gasteiger partial charge < -0.3 is 15.5 Å². The minimum atomic E-state index is -0.825. The maximum absolute atomic E-state index is 11.5. The highest BCUT2D eigenvalue weighted by atomic mass is 16.3. The Hall–Kier alpha value is -0.870. The van der Waals surface area contributed by atoms with Crippen molar-refractivity contribution in [1.82, 2.24) is 5.32 Å². The molecule has 0 aliphatic rings. The van der Waals surface area contributed by atoms with Gasteiger partial charge in [0.2, 0.25) is 5.91 Å². The summed E-state index contributed by atoms with van der Waals surface area (Å²) in [6, 6.07) is -0.609. The lowest BCUT2D eigenvalue weighted by atomic mass is 10.0. The van der Waals surface area contributed by atoms with Gasteiger partial charge in [0.1, 0.15) is 0 Å². The van der Waals surface area contributed by atoms with Crippen LogP contribution in [0.25, 0.3) is 0 Å². The van der Waals surface area contributed by atoms with E-state index < -0.39 is 12.1 Å². The van der Waals surface area contributed by atoms with E-state index in [1.807, 2.05) is 13.0 Å². The third kappa shape index (κ3) is 15.4. The Morgan fingerprint density at radius 2 is 1.42 bits per heavy atom. The number of unbranched alkanes of at least 4 members (excludes halogenated alkanes) is 11. The zero-order valence-corrected chi connectivity index (χ0v) is 17.2. The molecule has 0 saturated carbocycles. The Labute approximate surface area is 161 Å². The Kier molecular flexibility index (Phi) is 18.3. The summed E-state index contributed by atoms with van der Waals surface area (Å²) in [5, 5.41) is 22.0. The van der Waals surface area contributed by atoms with Crippen LogP contribution in [0.2, 0.25) is 0 Å². The van der Waals surface area contributed by atoms with E-state index in [0.717, 1.165) is 19.3 Å². The van der Waals surface area contributed by atoms with Crippen LogP contribution in [0, 0.1) is 0 Å². The number of hydrogen-bond donors (Lipinski definition) is 3. The summed E-state index contributed by atoms with van der Waals surface area (Å²) in [7, 11) is 0. The van der Waals surface area contributed by atoms with E-state index in [1.165, 1.54) is 64.2 Å². The first-order chi connectivity index (χ1) is 12.7. The molecule has 0 aromatic heterocycles. The highest BCUT2D eigenvalue weighted by Gasteiger charge is 2.17. The summed E-state index contributed by atoms with van der Waals surface area (Å²) in [6.45, 7) is 3.93. The number of carbonyl (C=O) groups excluding carboxylic acids is 1. The fourth-order valence-electron chi connectivity index (χ4n) is 3.04. The highest BCUT2D eigenvalue weighted by Crippen LogP contribution is 2.12. The van der Waals surface area contributed by atoms with Gasteiger partial charge in [0, 0.05) is 6.42 Å². The second kappa shape index (κ2) is 18.9. The molecule has 0 spiro atoms. The number of carbonyl (C=O) groups is 1. The van der Waals surface area contributed by atoms with Crippen molar-refractivity contribution in [3.05, 3.63) is 12.2 Å². The zero-order chi connectivity index (χ0) is 19.5. The van der Waals surface area contributed by atoms with Crippen LogP contribution in [0.4, 0.5) is 0 Å². The molecule has 0 radical (unpaired) electrons. The molecule has 0 heterocycles. The van der Waals surface area contributed by atoms with Gasteiger partial charge in [-0.1, -0.05) is 90.2 Å². The Morgan fingerprint density at radius 3 is 1.92 bits per heavy atom. The summed E-state index contributed by atoms with van der Waals surface area (Å²) in [5.41, 5.74) is 0. The van der Waals surface area contributed by atoms with Gasteiger partial charge in [-0.2, -0.15) is 0 Å². The maximum atomic E-state index is 11.5. The summed E-state index contributed by atoms with van der Waals surface area (Å²) in [4.78, 5) is 11.5. The summed E-state index contributed by atoms with van der Waals surface area (Å²) >= 11 is 0. The average molecular weight is 370 g/mol. The van der Waals surface area contributed by atoms with Crippen LogP contribution < -0.4 is 5.32 Å². The van der Waals surface area contributed by atoms with Crippen LogP contribution in [0.3, 0.4) is 0 Å². The molecule has 1 amide bonds. The molecule has 2 unspecified atom stereocenters. The van der Waals surface area contributed by atoms with Crippen molar-refractivity contribution in [1.29, 1.82) is 0 Å². The van der Waals surface area contributed by atoms with Gasteiger partial charge in [-0.15, -0.1) is 0 Å². The summed E-state index contributed by atoms with van der Waals surface area (Å²) in [5.74, 6) is -0.121. The lowest BCUT2D eigenvalue weighted by Crippen LogP contribution is -2.45. The second-order valence-electron chi connectivity index (χ2n) is 7.35. The van der Waals surface area contributed by atoms with E-state index in [0.29, 0.717) is 6.42 Å². The number of rotatable bonds is 18. The summed E-state index contributed by atoms with van der Waals surface area (Å²) in [6.07, 6.45) is 19.6. The van der Waals surface area contributed by atoms with Crippen molar-refractivity contribution in [2.75, 3.05) is 6.61 Å². The van der Waals surface area contributed by atoms with Crippen molar-refractivity contribution in [2.24, 2.45) is 0 Å². The van der Waals surface area contributed by atoms with Crippen LogP contribution in [-0.2, 0) is 4.79 Å². The minimum absolute atomic E-state index is 0.121. The molecule has 4 heteroatoms. The van der Waals surface area contributed by atoms with Gasteiger partial charge in [-0.05, 0) is 19.3 Å². The molecule has 0 saturated heterocycles. The monoisotopic (exact) mass is 369 g/mol. The van der Waals surface area contributed by atoms with Crippen molar-refractivity contribution >= 4 is 5.91 Å². The van der Waals surface area contributed by atoms with Crippen LogP contribution >= 0.6 is 0 Å². The first-order valence-electron chi connectivity index (χ1n) is 10.9. The van der Waals surface area contributed by atoms with Crippen molar-refractivity contribution in [2.45, 2.75) is 116 Å². The van der Waals surface area contributed by atoms with Gasteiger partial charge in [0.25, 0.3) is 0 Å². The largest absolute Gasteiger partial charge is 0.394 e. The van der Waals surface area contributed by atoms with Gasteiger partial charge in [0.05, 0.1) is 18.8 Å². The Morgan fingerprint density at radius 1 is 0.885 bits per heavy atom. The maximum Gasteiger partial charge on any atom is 0.220 e. The number of nitrogens with one attached hydrogen (secondary N) is 1. The van der Waals surface area contributed by atoms with E-state index in [4.69, 9.17) is 0 Å². The molecule has 0 rings (SSSR count). The molecule has 4 nitrogen and oxygen atoms in total. The van der Waals surface area contributed by atoms with Gasteiger partial charge in [0.15, 0.2) is 0 Å². The molecular weight excluding hydrogens is 326 g/mol. The van der Waals surface area contributed by atoms with E-state index >= 15 is 0 Å². The molecular formula is C22H43NO3. The standard InChI is InChI=1S/C22H43NO3/c1-3-5-6-7-8-9-10-11-12-13-14-15-16-18-21(25)20(19-24)23-22(26)17-4-2/h16,18,20-21,24-25H,3-15,17,19H2,1-2H3,(H,23,26). The molecule has 0 bridgehead atoms. The summed E-state index contributed by atoms with van der Waals surface area (Å²) < 4.78 is 0. The Bertz CT molecular complexity index is 344. The Balaban J connectivity index is 3.59. The molecule has 154 valence electrons.